The van der Waals surface area contributed by atoms with E-state index in [2.05, 4.69) is 4.74 Å². The lowest BCUT2D eigenvalue weighted by Crippen LogP contribution is -2.02. The number of carbonyl (C=O) groups excluding carboxylic acids is 1. The molecule has 5 nitrogen and oxygen atoms in total. The molecule has 0 unspecified atom stereocenters. The molecule has 0 radical (unpaired) electrons. The Morgan fingerprint density at radius 2 is 1.94 bits per heavy atom. The molecule has 2 N–H and O–H groups in total. The number of anilines is 1. The third-order valence-corrected chi connectivity index (χ3v) is 3.30. The van der Waals surface area contributed by atoms with Gasteiger partial charge in [-0.25, -0.2) is 13.2 Å². The Balaban J connectivity index is 2.89. The van der Waals surface area contributed by atoms with Gasteiger partial charge in [0.1, 0.15) is 0 Å². The molecular weight excluding hydrogens is 242 g/mol. The van der Waals surface area contributed by atoms with Gasteiger partial charge in [0, 0.05) is 17.2 Å². The summed E-state index contributed by atoms with van der Waals surface area (Å²) in [6.45, 7) is 1.84. The molecule has 0 bridgehead atoms. The molecule has 0 aliphatic heterocycles. The molecule has 1 aromatic rings. The molecule has 0 aromatic heterocycles. The second-order valence-electron chi connectivity index (χ2n) is 3.17. The Morgan fingerprint density at radius 1 is 1.35 bits per heavy atom. The van der Waals surface area contributed by atoms with Crippen molar-refractivity contribution in [3.05, 3.63) is 35.7 Å². The van der Waals surface area contributed by atoms with Crippen LogP contribution in [0, 0.1) is 0 Å². The molecule has 0 fully saturated rings. The van der Waals surface area contributed by atoms with Crippen molar-refractivity contribution < 1.29 is 17.9 Å². The maximum atomic E-state index is 11.7. The molecule has 1 aromatic carbocycles. The second kappa shape index (κ2) is 5.49. The van der Waals surface area contributed by atoms with Gasteiger partial charge >= 0.3 is 5.97 Å². The third-order valence-electron chi connectivity index (χ3n) is 1.88. The summed E-state index contributed by atoms with van der Waals surface area (Å²) in [7, 11) is -3.63. The van der Waals surface area contributed by atoms with Crippen molar-refractivity contribution in [2.24, 2.45) is 0 Å². The van der Waals surface area contributed by atoms with Crippen LogP contribution in [-0.4, -0.2) is 21.0 Å². The van der Waals surface area contributed by atoms with Crippen LogP contribution in [-0.2, 0) is 19.4 Å². The lowest BCUT2D eigenvalue weighted by atomic mass is 10.3. The summed E-state index contributed by atoms with van der Waals surface area (Å²) < 4.78 is 28.0. The Hall–Kier alpha value is -1.82. The van der Waals surface area contributed by atoms with E-state index in [4.69, 9.17) is 5.73 Å². The van der Waals surface area contributed by atoms with Gasteiger partial charge in [-0.15, -0.1) is 0 Å². The molecule has 0 aliphatic carbocycles. The number of carbonyl (C=O) groups is 1. The zero-order valence-corrected chi connectivity index (χ0v) is 10.1. The third kappa shape index (κ3) is 3.92. The minimum atomic E-state index is -3.63. The normalized spacial score (nSPS) is 11.6. The summed E-state index contributed by atoms with van der Waals surface area (Å²) in [6.07, 6.45) is 0.884. The molecular formula is C11H13NO4S. The highest BCUT2D eigenvalue weighted by Gasteiger charge is 2.10. The molecule has 0 spiro atoms. The number of rotatable bonds is 4. The topological polar surface area (TPSA) is 86.5 Å². The summed E-state index contributed by atoms with van der Waals surface area (Å²) in [5.41, 5.74) is 5.92. The highest BCUT2D eigenvalue weighted by molar-refractivity contribution is 7.94. The van der Waals surface area contributed by atoms with Gasteiger partial charge in [-0.2, -0.15) is 0 Å². The van der Waals surface area contributed by atoms with Crippen LogP contribution >= 0.6 is 0 Å². The largest absolute Gasteiger partial charge is 0.463 e. The zero-order chi connectivity index (χ0) is 12.9. The molecule has 0 heterocycles. The fourth-order valence-electron chi connectivity index (χ4n) is 1.07. The Bertz CT molecular complexity index is 517. The maximum Gasteiger partial charge on any atom is 0.331 e. The van der Waals surface area contributed by atoms with E-state index in [1.165, 1.54) is 24.3 Å². The number of nitrogen functional groups attached to an aromatic ring is 1. The second-order valence-corrected chi connectivity index (χ2v) is 5.00. The van der Waals surface area contributed by atoms with Crippen molar-refractivity contribution in [1.29, 1.82) is 0 Å². The molecule has 6 heteroatoms. The van der Waals surface area contributed by atoms with Crippen molar-refractivity contribution in [3.8, 4) is 0 Å². The summed E-state index contributed by atoms with van der Waals surface area (Å²) in [4.78, 5) is 11.1. The first-order valence-electron chi connectivity index (χ1n) is 4.91. The highest BCUT2D eigenvalue weighted by Crippen LogP contribution is 2.14. The molecule has 1 rings (SSSR count). The van der Waals surface area contributed by atoms with Crippen molar-refractivity contribution in [2.45, 2.75) is 11.8 Å². The molecule has 0 aliphatic rings. The van der Waals surface area contributed by atoms with Crippen LogP contribution in [0.2, 0.25) is 0 Å². The van der Waals surface area contributed by atoms with E-state index >= 15 is 0 Å². The van der Waals surface area contributed by atoms with Crippen LogP contribution in [0.4, 0.5) is 5.69 Å². The highest BCUT2D eigenvalue weighted by atomic mass is 32.2. The molecule has 92 valence electrons. The first-order valence-corrected chi connectivity index (χ1v) is 6.46. The average Bonchev–Trinajstić information content (AvgIpc) is 2.28. The first-order chi connectivity index (χ1) is 7.95. The zero-order valence-electron chi connectivity index (χ0n) is 9.29. The van der Waals surface area contributed by atoms with Crippen LogP contribution in [0.15, 0.2) is 40.6 Å². The summed E-state index contributed by atoms with van der Waals surface area (Å²) in [5, 5.41) is 0.816. The molecule has 17 heavy (non-hydrogen) atoms. The van der Waals surface area contributed by atoms with E-state index in [1.54, 1.807) is 6.92 Å². The van der Waals surface area contributed by atoms with Gasteiger partial charge in [0.25, 0.3) is 0 Å². The number of hydrogen-bond acceptors (Lipinski definition) is 5. The van der Waals surface area contributed by atoms with Crippen molar-refractivity contribution in [1.82, 2.24) is 0 Å². The van der Waals surface area contributed by atoms with E-state index in [1.807, 2.05) is 0 Å². The van der Waals surface area contributed by atoms with Gasteiger partial charge in [-0.3, -0.25) is 0 Å². The number of nitrogens with two attached hydrogens (primary N) is 1. The monoisotopic (exact) mass is 255 g/mol. The smallest absolute Gasteiger partial charge is 0.331 e. The first kappa shape index (κ1) is 13.2. The van der Waals surface area contributed by atoms with E-state index in [9.17, 15) is 13.2 Å². The van der Waals surface area contributed by atoms with Gasteiger partial charge in [-0.05, 0) is 31.2 Å². The fraction of sp³-hybridized carbons (Fsp3) is 0.182. The maximum absolute atomic E-state index is 11.7. The minimum Gasteiger partial charge on any atom is -0.463 e. The number of sulfone groups is 1. The van der Waals surface area contributed by atoms with E-state index in [-0.39, 0.29) is 11.5 Å². The predicted molar refractivity (Wildman–Crippen MR) is 63.8 cm³/mol. The van der Waals surface area contributed by atoms with Crippen LogP contribution in [0.1, 0.15) is 6.92 Å². The summed E-state index contributed by atoms with van der Waals surface area (Å²) in [6, 6.07) is 5.70. The van der Waals surface area contributed by atoms with Crippen LogP contribution in [0.25, 0.3) is 0 Å². The van der Waals surface area contributed by atoms with Gasteiger partial charge < -0.3 is 10.5 Å². The Labute approximate surface area is 99.8 Å². The summed E-state index contributed by atoms with van der Waals surface area (Å²) in [5.74, 6) is -0.688. The van der Waals surface area contributed by atoms with Gasteiger partial charge in [0.15, 0.2) is 9.84 Å². The number of hydrogen-bond donors (Lipinski definition) is 1. The fourth-order valence-corrected chi connectivity index (χ4v) is 2.03. The van der Waals surface area contributed by atoms with Gasteiger partial charge in [0.05, 0.1) is 11.5 Å². The number of esters is 1. The van der Waals surface area contributed by atoms with Crippen molar-refractivity contribution in [2.75, 3.05) is 12.3 Å². The van der Waals surface area contributed by atoms with Crippen LogP contribution in [0.5, 0.6) is 0 Å². The molecule has 0 amide bonds. The molecule has 0 atom stereocenters. The Morgan fingerprint density at radius 3 is 2.47 bits per heavy atom. The SMILES string of the molecule is CCOC(=O)C=CS(=O)(=O)c1ccc(N)cc1. The standard InChI is InChI=1S/C11H13NO4S/c1-2-16-11(13)7-8-17(14,15)10-5-3-9(12)4-6-10/h3-8H,2,12H2,1H3. The van der Waals surface area contributed by atoms with E-state index in [0.717, 1.165) is 11.5 Å². The predicted octanol–water partition coefficient (Wildman–Crippen LogP) is 1.12. The quantitative estimate of drug-likeness (QED) is 0.495. The minimum absolute atomic E-state index is 0.0762. The Kier molecular flexibility index (Phi) is 4.28. The lowest BCUT2D eigenvalue weighted by Gasteiger charge is -1.99. The summed E-state index contributed by atoms with van der Waals surface area (Å²) >= 11 is 0. The molecule has 0 saturated heterocycles. The number of ether oxygens (including phenoxy) is 1. The van der Waals surface area contributed by atoms with E-state index in [0.29, 0.717) is 5.69 Å². The van der Waals surface area contributed by atoms with Crippen LogP contribution in [0.3, 0.4) is 0 Å². The number of benzene rings is 1. The molecule has 0 saturated carbocycles. The van der Waals surface area contributed by atoms with Crippen LogP contribution < -0.4 is 5.73 Å². The lowest BCUT2D eigenvalue weighted by molar-refractivity contribution is -0.137. The average molecular weight is 255 g/mol. The van der Waals surface area contributed by atoms with Crippen molar-refractivity contribution >= 4 is 21.5 Å². The van der Waals surface area contributed by atoms with E-state index < -0.39 is 15.8 Å². The van der Waals surface area contributed by atoms with Gasteiger partial charge in [-0.1, -0.05) is 0 Å². The van der Waals surface area contributed by atoms with Gasteiger partial charge in [0.2, 0.25) is 0 Å². The van der Waals surface area contributed by atoms with Crippen molar-refractivity contribution in [3.63, 3.8) is 0 Å².